The average molecular weight is 385 g/mol. The molecule has 0 aliphatic rings. The van der Waals surface area contributed by atoms with Gasteiger partial charge in [0.15, 0.2) is 0 Å². The van der Waals surface area contributed by atoms with Crippen LogP contribution in [0.3, 0.4) is 0 Å². The number of rotatable bonds is 8. The van der Waals surface area contributed by atoms with Crippen LogP contribution in [0.2, 0.25) is 0 Å². The van der Waals surface area contributed by atoms with E-state index >= 15 is 0 Å². The summed E-state index contributed by atoms with van der Waals surface area (Å²) >= 11 is 0.957. The summed E-state index contributed by atoms with van der Waals surface area (Å²) in [6.07, 6.45) is 0.840. The smallest absolute Gasteiger partial charge is 0.243 e. The Morgan fingerprint density at radius 1 is 1.20 bits per heavy atom. The normalized spacial score (nSPS) is 13.5. The molecule has 138 valence electrons. The quantitative estimate of drug-likeness (QED) is 0.726. The van der Waals surface area contributed by atoms with Gasteiger partial charge in [0.25, 0.3) is 0 Å². The lowest BCUT2D eigenvalue weighted by molar-refractivity contribution is -0.123. The number of hydrogen-bond donors (Lipinski definition) is 2. The highest BCUT2D eigenvalue weighted by molar-refractivity contribution is 7.89. The molecule has 25 heavy (non-hydrogen) atoms. The topological polar surface area (TPSA) is 101 Å². The molecule has 0 bridgehead atoms. The summed E-state index contributed by atoms with van der Waals surface area (Å²) in [7, 11) is -3.89. The van der Waals surface area contributed by atoms with E-state index in [1.54, 1.807) is 26.0 Å². The second-order valence-electron chi connectivity index (χ2n) is 6.70. The lowest BCUT2D eigenvalue weighted by Crippen LogP contribution is -2.49. The van der Waals surface area contributed by atoms with Crippen LogP contribution in [-0.4, -0.2) is 35.7 Å². The van der Waals surface area contributed by atoms with Crippen molar-refractivity contribution in [2.45, 2.75) is 45.1 Å². The van der Waals surface area contributed by atoms with Crippen molar-refractivity contribution in [1.29, 1.82) is 0 Å². The predicted octanol–water partition coefficient (Wildman–Crippen LogP) is 2.16. The lowest BCUT2D eigenvalue weighted by atomic mass is 10.0. The van der Waals surface area contributed by atoms with E-state index in [4.69, 9.17) is 0 Å². The Kier molecular flexibility index (Phi) is 6.47. The minimum atomic E-state index is -3.89. The van der Waals surface area contributed by atoms with Crippen LogP contribution in [0.5, 0.6) is 0 Å². The third kappa shape index (κ3) is 4.96. The molecule has 1 aromatic heterocycles. The number of fused-ring (bicyclic) bond motifs is 1. The molecule has 2 N–H and O–H groups in total. The van der Waals surface area contributed by atoms with E-state index in [-0.39, 0.29) is 16.7 Å². The molecule has 0 radical (unpaired) electrons. The van der Waals surface area contributed by atoms with Gasteiger partial charge >= 0.3 is 0 Å². The van der Waals surface area contributed by atoms with Crippen molar-refractivity contribution in [2.24, 2.45) is 11.8 Å². The zero-order valence-electron chi connectivity index (χ0n) is 14.8. The fourth-order valence-electron chi connectivity index (χ4n) is 2.32. The number of sulfonamides is 1. The number of carbonyl (C=O) groups is 1. The Morgan fingerprint density at radius 2 is 1.92 bits per heavy atom. The Balaban J connectivity index is 2.20. The monoisotopic (exact) mass is 384 g/mol. The molecular formula is C16H24N4O3S2. The molecule has 0 saturated heterocycles. The van der Waals surface area contributed by atoms with Gasteiger partial charge in [-0.1, -0.05) is 33.8 Å². The Labute approximate surface area is 152 Å². The van der Waals surface area contributed by atoms with E-state index < -0.39 is 16.1 Å². The maximum atomic E-state index is 12.8. The summed E-state index contributed by atoms with van der Waals surface area (Å²) in [5.41, 5.74) is 0.845. The Hall–Kier alpha value is -1.58. The number of carbonyl (C=O) groups excluding carboxylic acids is 1. The van der Waals surface area contributed by atoms with Crippen LogP contribution in [0.1, 0.15) is 34.1 Å². The molecule has 9 heteroatoms. The van der Waals surface area contributed by atoms with Crippen LogP contribution < -0.4 is 10.0 Å². The van der Waals surface area contributed by atoms with Crippen LogP contribution in [0.25, 0.3) is 11.0 Å². The van der Waals surface area contributed by atoms with E-state index in [2.05, 4.69) is 32.6 Å². The number of benzene rings is 1. The van der Waals surface area contributed by atoms with Gasteiger partial charge in [0, 0.05) is 6.54 Å². The molecule has 0 aliphatic heterocycles. The molecule has 7 nitrogen and oxygen atoms in total. The van der Waals surface area contributed by atoms with E-state index in [9.17, 15) is 13.2 Å². The summed E-state index contributed by atoms with van der Waals surface area (Å²) < 4.78 is 36.2. The van der Waals surface area contributed by atoms with Crippen LogP contribution in [0, 0.1) is 11.8 Å². The maximum Gasteiger partial charge on any atom is 0.243 e. The van der Waals surface area contributed by atoms with Gasteiger partial charge < -0.3 is 5.32 Å². The SMILES string of the molecule is CC(C)CCNC(=O)C(NS(=O)(=O)c1cccc2nsnc12)C(C)C. The van der Waals surface area contributed by atoms with E-state index in [1.807, 2.05) is 0 Å². The van der Waals surface area contributed by atoms with Crippen LogP contribution in [0.15, 0.2) is 23.1 Å². The molecule has 1 heterocycles. The molecule has 2 aromatic rings. The first-order valence-corrected chi connectivity index (χ1v) is 10.4. The predicted molar refractivity (Wildman–Crippen MR) is 98.8 cm³/mol. The van der Waals surface area contributed by atoms with Crippen molar-refractivity contribution >= 4 is 38.7 Å². The van der Waals surface area contributed by atoms with Gasteiger partial charge in [-0.05, 0) is 30.4 Å². The molecule has 0 aliphatic carbocycles. The van der Waals surface area contributed by atoms with Gasteiger partial charge in [0.2, 0.25) is 15.9 Å². The molecule has 0 spiro atoms. The first kappa shape index (κ1) is 19.7. The summed E-state index contributed by atoms with van der Waals surface area (Å²) in [5.74, 6) is -0.0475. The molecule has 1 unspecified atom stereocenters. The number of hydrogen-bond acceptors (Lipinski definition) is 6. The highest BCUT2D eigenvalue weighted by Crippen LogP contribution is 2.21. The molecule has 0 saturated carbocycles. The van der Waals surface area contributed by atoms with Gasteiger partial charge in [0.1, 0.15) is 22.0 Å². The third-order valence-electron chi connectivity index (χ3n) is 3.79. The van der Waals surface area contributed by atoms with Crippen molar-refractivity contribution in [2.75, 3.05) is 6.54 Å². The summed E-state index contributed by atoms with van der Waals surface area (Å²) in [6, 6.07) is 3.95. The standard InChI is InChI=1S/C16H24N4O3S2/c1-10(2)8-9-17-16(21)14(11(3)4)20-25(22,23)13-7-5-6-12-15(13)19-24-18-12/h5-7,10-11,14,20H,8-9H2,1-4H3,(H,17,21). The van der Waals surface area contributed by atoms with Crippen molar-refractivity contribution in [1.82, 2.24) is 18.8 Å². The van der Waals surface area contributed by atoms with Gasteiger partial charge in [-0.25, -0.2) is 8.42 Å². The van der Waals surface area contributed by atoms with E-state index in [1.165, 1.54) is 6.07 Å². The average Bonchev–Trinajstić information content (AvgIpc) is 3.00. The number of nitrogens with zero attached hydrogens (tertiary/aromatic N) is 2. The second kappa shape index (κ2) is 8.20. The number of nitrogens with one attached hydrogen (secondary N) is 2. The zero-order valence-corrected chi connectivity index (χ0v) is 16.4. The number of aromatic nitrogens is 2. The minimum absolute atomic E-state index is 0.0411. The van der Waals surface area contributed by atoms with E-state index in [0.29, 0.717) is 23.5 Å². The van der Waals surface area contributed by atoms with Crippen molar-refractivity contribution in [3.05, 3.63) is 18.2 Å². The molecule has 1 aromatic carbocycles. The summed E-state index contributed by atoms with van der Waals surface area (Å²) in [6.45, 7) is 8.27. The van der Waals surface area contributed by atoms with Crippen molar-refractivity contribution < 1.29 is 13.2 Å². The highest BCUT2D eigenvalue weighted by Gasteiger charge is 2.29. The summed E-state index contributed by atoms with van der Waals surface area (Å²) in [5, 5.41) is 2.81. The second-order valence-corrected chi connectivity index (χ2v) is 8.92. The maximum absolute atomic E-state index is 12.8. The van der Waals surface area contributed by atoms with Gasteiger partial charge in [-0.3, -0.25) is 4.79 Å². The largest absolute Gasteiger partial charge is 0.355 e. The van der Waals surface area contributed by atoms with Gasteiger partial charge in [-0.2, -0.15) is 13.5 Å². The molecule has 2 rings (SSSR count). The minimum Gasteiger partial charge on any atom is -0.355 e. The molecule has 0 fully saturated rings. The Morgan fingerprint density at radius 3 is 2.56 bits per heavy atom. The lowest BCUT2D eigenvalue weighted by Gasteiger charge is -2.22. The fraction of sp³-hybridized carbons (Fsp3) is 0.562. The summed E-state index contributed by atoms with van der Waals surface area (Å²) in [4.78, 5) is 12.5. The molecule has 1 amide bonds. The first-order chi connectivity index (χ1) is 11.7. The molecule has 1 atom stereocenters. The van der Waals surface area contributed by atoms with Gasteiger partial charge in [-0.15, -0.1) is 0 Å². The van der Waals surface area contributed by atoms with Crippen LogP contribution in [-0.2, 0) is 14.8 Å². The fourth-order valence-corrected chi connectivity index (χ4v) is 4.43. The van der Waals surface area contributed by atoms with Crippen LogP contribution >= 0.6 is 11.7 Å². The third-order valence-corrected chi connectivity index (χ3v) is 5.81. The van der Waals surface area contributed by atoms with Crippen molar-refractivity contribution in [3.63, 3.8) is 0 Å². The zero-order chi connectivity index (χ0) is 18.6. The van der Waals surface area contributed by atoms with Gasteiger partial charge in [0.05, 0.1) is 11.7 Å². The Bertz CT molecular complexity index is 831. The van der Waals surface area contributed by atoms with Crippen LogP contribution in [0.4, 0.5) is 0 Å². The molecular weight excluding hydrogens is 360 g/mol. The first-order valence-electron chi connectivity index (χ1n) is 8.23. The number of amides is 1. The van der Waals surface area contributed by atoms with E-state index in [0.717, 1.165) is 18.1 Å². The van der Waals surface area contributed by atoms with Crippen molar-refractivity contribution in [3.8, 4) is 0 Å². The highest BCUT2D eigenvalue weighted by atomic mass is 32.2.